The number of carboxylic acid groups (broad SMARTS) is 1. The van der Waals surface area contributed by atoms with Crippen molar-refractivity contribution in [1.82, 2.24) is 5.43 Å². The maximum absolute atomic E-state index is 12.1. The largest absolute Gasteiger partial charge is 0.494 e. The second kappa shape index (κ2) is 9.36. The van der Waals surface area contributed by atoms with Crippen molar-refractivity contribution in [2.75, 3.05) is 6.61 Å². The van der Waals surface area contributed by atoms with Gasteiger partial charge in [0.15, 0.2) is 0 Å². The van der Waals surface area contributed by atoms with Gasteiger partial charge in [0.1, 0.15) is 17.3 Å². The quantitative estimate of drug-likeness (QED) is 0.442. The summed E-state index contributed by atoms with van der Waals surface area (Å²) < 4.78 is 11.1. The minimum absolute atomic E-state index is 0.203. The number of hydrogen-bond acceptors (Lipinski definition) is 5. The van der Waals surface area contributed by atoms with Crippen LogP contribution in [0.5, 0.6) is 5.75 Å². The molecule has 1 amide bonds. The number of hydrogen-bond donors (Lipinski definition) is 2. The third-order valence-electron chi connectivity index (χ3n) is 3.99. The number of benzene rings is 2. The van der Waals surface area contributed by atoms with Crippen LogP contribution in [0.1, 0.15) is 39.8 Å². The lowest BCUT2D eigenvalue weighted by Gasteiger charge is -2.05. The number of rotatable bonds is 8. The number of aromatic carboxylic acids is 1. The Bertz CT molecular complexity index is 1000. The third-order valence-corrected chi connectivity index (χ3v) is 3.99. The molecule has 0 aliphatic carbocycles. The molecule has 1 aromatic heterocycles. The first kappa shape index (κ1) is 19.9. The minimum atomic E-state index is -0.984. The number of ether oxygens (including phenoxy) is 1. The minimum Gasteiger partial charge on any atom is -0.494 e. The summed E-state index contributed by atoms with van der Waals surface area (Å²) in [6.45, 7) is 2.65. The van der Waals surface area contributed by atoms with Gasteiger partial charge in [-0.1, -0.05) is 19.1 Å². The number of carboxylic acids is 1. The first-order valence-corrected chi connectivity index (χ1v) is 9.06. The summed E-state index contributed by atoms with van der Waals surface area (Å²) in [6.07, 6.45) is 2.31. The van der Waals surface area contributed by atoms with Gasteiger partial charge < -0.3 is 14.3 Å². The van der Waals surface area contributed by atoms with Crippen LogP contribution >= 0.6 is 0 Å². The maximum Gasteiger partial charge on any atom is 0.335 e. The van der Waals surface area contributed by atoms with E-state index in [0.29, 0.717) is 29.4 Å². The molecule has 29 heavy (non-hydrogen) atoms. The molecule has 0 spiro atoms. The van der Waals surface area contributed by atoms with Crippen molar-refractivity contribution in [3.8, 4) is 17.1 Å². The van der Waals surface area contributed by atoms with Gasteiger partial charge in [-0.15, -0.1) is 0 Å². The molecule has 0 saturated carbocycles. The van der Waals surface area contributed by atoms with Gasteiger partial charge in [0.05, 0.1) is 18.4 Å². The monoisotopic (exact) mass is 392 g/mol. The van der Waals surface area contributed by atoms with Crippen molar-refractivity contribution in [3.63, 3.8) is 0 Å². The zero-order valence-electron chi connectivity index (χ0n) is 15.8. The molecular weight excluding hydrogens is 372 g/mol. The summed E-state index contributed by atoms with van der Waals surface area (Å²) in [5.74, 6) is 0.400. The Kier molecular flexibility index (Phi) is 6.42. The summed E-state index contributed by atoms with van der Waals surface area (Å²) in [5.41, 5.74) is 3.85. The highest BCUT2D eigenvalue weighted by molar-refractivity contribution is 5.94. The fourth-order valence-corrected chi connectivity index (χ4v) is 2.50. The molecule has 2 N–H and O–H groups in total. The van der Waals surface area contributed by atoms with Crippen molar-refractivity contribution in [1.29, 1.82) is 0 Å². The predicted molar refractivity (Wildman–Crippen MR) is 108 cm³/mol. The maximum atomic E-state index is 12.1. The Morgan fingerprint density at radius 1 is 1.03 bits per heavy atom. The van der Waals surface area contributed by atoms with E-state index in [0.717, 1.165) is 12.0 Å². The van der Waals surface area contributed by atoms with E-state index in [-0.39, 0.29) is 11.5 Å². The van der Waals surface area contributed by atoms with Crippen LogP contribution in [0, 0.1) is 0 Å². The van der Waals surface area contributed by atoms with E-state index < -0.39 is 5.97 Å². The number of nitrogens with zero attached hydrogens (tertiary/aromatic N) is 1. The van der Waals surface area contributed by atoms with Crippen LogP contribution in [-0.4, -0.2) is 29.8 Å². The van der Waals surface area contributed by atoms with Crippen LogP contribution in [0.3, 0.4) is 0 Å². The smallest absolute Gasteiger partial charge is 0.335 e. The van der Waals surface area contributed by atoms with Crippen LogP contribution in [0.2, 0.25) is 0 Å². The first-order chi connectivity index (χ1) is 14.1. The van der Waals surface area contributed by atoms with Crippen LogP contribution in [-0.2, 0) is 0 Å². The molecule has 7 heteroatoms. The number of carbonyl (C=O) groups is 2. The Morgan fingerprint density at radius 2 is 1.72 bits per heavy atom. The average Bonchev–Trinajstić information content (AvgIpc) is 3.21. The van der Waals surface area contributed by atoms with Crippen LogP contribution < -0.4 is 10.2 Å². The fraction of sp³-hybridized carbons (Fsp3) is 0.136. The van der Waals surface area contributed by atoms with Gasteiger partial charge in [-0.2, -0.15) is 5.10 Å². The Hall–Kier alpha value is -3.87. The molecule has 0 fully saturated rings. The van der Waals surface area contributed by atoms with Gasteiger partial charge in [0, 0.05) is 11.1 Å². The highest BCUT2D eigenvalue weighted by atomic mass is 16.5. The molecule has 0 saturated heterocycles. The Balaban J connectivity index is 1.58. The van der Waals surface area contributed by atoms with E-state index in [1.165, 1.54) is 18.3 Å². The van der Waals surface area contributed by atoms with Gasteiger partial charge in [-0.25, -0.2) is 10.2 Å². The molecule has 0 bridgehead atoms. The standard InChI is InChI=1S/C22H20N2O5/c1-2-13-28-18-9-7-16(8-10-18)21(25)24-23-14-19-11-12-20(29-19)15-3-5-17(6-4-15)22(26)27/h3-12,14H,2,13H2,1H3,(H,24,25)(H,26,27)/b23-14+. The van der Waals surface area contributed by atoms with E-state index in [2.05, 4.69) is 10.5 Å². The van der Waals surface area contributed by atoms with Crippen LogP contribution in [0.15, 0.2) is 70.2 Å². The molecule has 0 aliphatic heterocycles. The van der Waals surface area contributed by atoms with Crippen LogP contribution in [0.25, 0.3) is 11.3 Å². The molecule has 1 heterocycles. The molecular formula is C22H20N2O5. The number of amides is 1. The summed E-state index contributed by atoms with van der Waals surface area (Å²) >= 11 is 0. The van der Waals surface area contributed by atoms with Crippen molar-refractivity contribution in [3.05, 3.63) is 77.6 Å². The van der Waals surface area contributed by atoms with E-state index in [1.54, 1.807) is 48.5 Å². The molecule has 3 rings (SSSR count). The molecule has 148 valence electrons. The fourth-order valence-electron chi connectivity index (χ4n) is 2.50. The SMILES string of the molecule is CCCOc1ccc(C(=O)N/N=C/c2ccc(-c3ccc(C(=O)O)cc3)o2)cc1. The van der Waals surface area contributed by atoms with E-state index in [9.17, 15) is 9.59 Å². The second-order valence-electron chi connectivity index (χ2n) is 6.16. The van der Waals surface area contributed by atoms with Gasteiger partial charge >= 0.3 is 5.97 Å². The first-order valence-electron chi connectivity index (χ1n) is 9.06. The molecule has 0 aliphatic rings. The molecule has 7 nitrogen and oxygen atoms in total. The highest BCUT2D eigenvalue weighted by Gasteiger charge is 2.07. The third kappa shape index (κ3) is 5.32. The number of hydrazone groups is 1. The summed E-state index contributed by atoms with van der Waals surface area (Å²) in [6, 6.07) is 16.6. The topological polar surface area (TPSA) is 101 Å². The number of furan rings is 1. The molecule has 0 atom stereocenters. The lowest BCUT2D eigenvalue weighted by molar-refractivity contribution is 0.0696. The normalized spacial score (nSPS) is 10.8. The number of carbonyl (C=O) groups excluding carboxylic acids is 1. The Labute approximate surface area is 167 Å². The lowest BCUT2D eigenvalue weighted by Crippen LogP contribution is -2.17. The van der Waals surface area contributed by atoms with E-state index in [1.807, 2.05) is 6.92 Å². The molecule has 0 radical (unpaired) electrons. The van der Waals surface area contributed by atoms with Gasteiger partial charge in [0.2, 0.25) is 0 Å². The number of nitrogens with one attached hydrogen (secondary N) is 1. The molecule has 3 aromatic rings. The predicted octanol–water partition coefficient (Wildman–Crippen LogP) is 4.20. The molecule has 2 aromatic carbocycles. The van der Waals surface area contributed by atoms with Crippen LogP contribution in [0.4, 0.5) is 0 Å². The van der Waals surface area contributed by atoms with Gasteiger partial charge in [-0.05, 0) is 55.0 Å². The van der Waals surface area contributed by atoms with Crippen molar-refractivity contribution in [2.45, 2.75) is 13.3 Å². The van der Waals surface area contributed by atoms with Crippen molar-refractivity contribution >= 4 is 18.1 Å². The van der Waals surface area contributed by atoms with Gasteiger partial charge in [0.25, 0.3) is 5.91 Å². The summed E-state index contributed by atoms with van der Waals surface area (Å²) in [7, 11) is 0. The van der Waals surface area contributed by atoms with Crippen molar-refractivity contribution < 1.29 is 23.8 Å². The molecule has 0 unspecified atom stereocenters. The highest BCUT2D eigenvalue weighted by Crippen LogP contribution is 2.22. The summed E-state index contributed by atoms with van der Waals surface area (Å²) in [4.78, 5) is 23.0. The second-order valence-corrected chi connectivity index (χ2v) is 6.16. The van der Waals surface area contributed by atoms with Gasteiger partial charge in [-0.3, -0.25) is 4.79 Å². The zero-order chi connectivity index (χ0) is 20.6. The summed E-state index contributed by atoms with van der Waals surface area (Å²) in [5, 5.41) is 12.8. The lowest BCUT2D eigenvalue weighted by atomic mass is 10.1. The van der Waals surface area contributed by atoms with Crippen molar-refractivity contribution in [2.24, 2.45) is 5.10 Å². The van der Waals surface area contributed by atoms with E-state index >= 15 is 0 Å². The van der Waals surface area contributed by atoms with E-state index in [4.69, 9.17) is 14.3 Å². The average molecular weight is 392 g/mol. The zero-order valence-corrected chi connectivity index (χ0v) is 15.8. The Morgan fingerprint density at radius 3 is 2.38 bits per heavy atom.